The Labute approximate surface area is 118 Å². The summed E-state index contributed by atoms with van der Waals surface area (Å²) in [5.41, 5.74) is 1.98. The molecule has 5 heteroatoms. The van der Waals surface area contributed by atoms with Crippen molar-refractivity contribution in [2.45, 2.75) is 26.4 Å². The molecule has 20 heavy (non-hydrogen) atoms. The van der Waals surface area contributed by atoms with Crippen LogP contribution in [0, 0.1) is 5.82 Å². The third kappa shape index (κ3) is 2.99. The standard InChI is InChI=1S/C15H20FN3O/c1-10(2)17-8-11-9-19(3)18-15(11)14-12(16)6-5-7-13(14)20-4/h5-7,9-10,17H,8H2,1-4H3. The van der Waals surface area contributed by atoms with E-state index >= 15 is 0 Å². The van der Waals surface area contributed by atoms with Crippen molar-refractivity contribution >= 4 is 0 Å². The van der Waals surface area contributed by atoms with Crippen LogP contribution in [-0.2, 0) is 13.6 Å². The van der Waals surface area contributed by atoms with Crippen LogP contribution in [0.1, 0.15) is 19.4 Å². The lowest BCUT2D eigenvalue weighted by Crippen LogP contribution is -2.21. The fraction of sp³-hybridized carbons (Fsp3) is 0.400. The van der Waals surface area contributed by atoms with E-state index < -0.39 is 0 Å². The molecule has 1 N–H and O–H groups in total. The molecule has 4 nitrogen and oxygen atoms in total. The molecule has 1 aromatic heterocycles. The van der Waals surface area contributed by atoms with Crippen LogP contribution in [0.15, 0.2) is 24.4 Å². The first kappa shape index (κ1) is 14.5. The van der Waals surface area contributed by atoms with Gasteiger partial charge in [-0.05, 0) is 12.1 Å². The van der Waals surface area contributed by atoms with Gasteiger partial charge in [0, 0.05) is 31.4 Å². The average Bonchev–Trinajstić information content (AvgIpc) is 2.76. The lowest BCUT2D eigenvalue weighted by atomic mass is 10.1. The van der Waals surface area contributed by atoms with Crippen molar-refractivity contribution in [3.05, 3.63) is 35.8 Å². The van der Waals surface area contributed by atoms with Crippen molar-refractivity contribution in [1.29, 1.82) is 0 Å². The molecule has 0 amide bonds. The van der Waals surface area contributed by atoms with Gasteiger partial charge in [0.15, 0.2) is 0 Å². The van der Waals surface area contributed by atoms with Crippen LogP contribution in [0.5, 0.6) is 5.75 Å². The lowest BCUT2D eigenvalue weighted by Gasteiger charge is -2.11. The summed E-state index contributed by atoms with van der Waals surface area (Å²) in [4.78, 5) is 0. The van der Waals surface area contributed by atoms with Crippen LogP contribution in [0.3, 0.4) is 0 Å². The number of methoxy groups -OCH3 is 1. The number of hydrogen-bond donors (Lipinski definition) is 1. The molecule has 0 radical (unpaired) electrons. The first-order chi connectivity index (χ1) is 9.52. The van der Waals surface area contributed by atoms with Crippen LogP contribution >= 0.6 is 0 Å². The van der Waals surface area contributed by atoms with Gasteiger partial charge in [0.25, 0.3) is 0 Å². The third-order valence-corrected chi connectivity index (χ3v) is 3.04. The summed E-state index contributed by atoms with van der Waals surface area (Å²) < 4.78 is 21.1. The lowest BCUT2D eigenvalue weighted by molar-refractivity contribution is 0.413. The number of hydrogen-bond acceptors (Lipinski definition) is 3. The largest absolute Gasteiger partial charge is 0.496 e. The van der Waals surface area contributed by atoms with Crippen molar-refractivity contribution in [3.8, 4) is 17.0 Å². The quantitative estimate of drug-likeness (QED) is 0.913. The number of ether oxygens (including phenoxy) is 1. The summed E-state index contributed by atoms with van der Waals surface area (Å²) in [6, 6.07) is 5.15. The van der Waals surface area contributed by atoms with Crippen molar-refractivity contribution in [3.63, 3.8) is 0 Å². The summed E-state index contributed by atoms with van der Waals surface area (Å²) in [6.45, 7) is 4.78. The maximum Gasteiger partial charge on any atom is 0.136 e. The number of rotatable bonds is 5. The molecule has 0 aliphatic heterocycles. The molecule has 1 heterocycles. The maximum absolute atomic E-state index is 14.2. The zero-order chi connectivity index (χ0) is 14.7. The molecular formula is C15H20FN3O. The average molecular weight is 277 g/mol. The van der Waals surface area contributed by atoms with Crippen LogP contribution in [0.2, 0.25) is 0 Å². The minimum atomic E-state index is -0.325. The minimum Gasteiger partial charge on any atom is -0.496 e. The molecule has 0 fully saturated rings. The van der Waals surface area contributed by atoms with E-state index in [2.05, 4.69) is 24.3 Å². The summed E-state index contributed by atoms with van der Waals surface area (Å²) in [7, 11) is 3.36. The Hall–Kier alpha value is -1.88. The van der Waals surface area contributed by atoms with E-state index in [0.717, 1.165) is 5.56 Å². The first-order valence-electron chi connectivity index (χ1n) is 6.61. The monoisotopic (exact) mass is 277 g/mol. The predicted molar refractivity (Wildman–Crippen MR) is 77.1 cm³/mol. The van der Waals surface area contributed by atoms with E-state index in [9.17, 15) is 4.39 Å². The first-order valence-corrected chi connectivity index (χ1v) is 6.61. The SMILES string of the molecule is COc1cccc(F)c1-c1nn(C)cc1CNC(C)C. The van der Waals surface area contributed by atoms with Gasteiger partial charge >= 0.3 is 0 Å². The van der Waals surface area contributed by atoms with E-state index in [4.69, 9.17) is 4.74 Å². The number of nitrogens with one attached hydrogen (secondary N) is 1. The topological polar surface area (TPSA) is 39.1 Å². The van der Waals surface area contributed by atoms with Gasteiger partial charge in [-0.15, -0.1) is 0 Å². The maximum atomic E-state index is 14.2. The van der Waals surface area contributed by atoms with Crippen LogP contribution in [0.25, 0.3) is 11.3 Å². The number of nitrogens with zero attached hydrogens (tertiary/aromatic N) is 2. The fourth-order valence-corrected chi connectivity index (χ4v) is 2.10. The minimum absolute atomic E-state index is 0.325. The summed E-state index contributed by atoms with van der Waals surface area (Å²) >= 11 is 0. The van der Waals surface area contributed by atoms with Gasteiger partial charge in [0.1, 0.15) is 17.3 Å². The second-order valence-electron chi connectivity index (χ2n) is 5.03. The molecular weight excluding hydrogens is 257 g/mol. The van der Waals surface area contributed by atoms with E-state index in [-0.39, 0.29) is 5.82 Å². The molecule has 0 saturated heterocycles. The number of benzene rings is 1. The Morgan fingerprint density at radius 2 is 2.15 bits per heavy atom. The van der Waals surface area contributed by atoms with Crippen molar-refractivity contribution in [2.75, 3.05) is 7.11 Å². The zero-order valence-corrected chi connectivity index (χ0v) is 12.3. The van der Waals surface area contributed by atoms with Crippen LogP contribution < -0.4 is 10.1 Å². The van der Waals surface area contributed by atoms with Crippen LogP contribution in [-0.4, -0.2) is 22.9 Å². The van der Waals surface area contributed by atoms with Gasteiger partial charge < -0.3 is 10.1 Å². The molecule has 0 spiro atoms. The van der Waals surface area contributed by atoms with E-state index in [1.54, 1.807) is 16.8 Å². The van der Waals surface area contributed by atoms with Gasteiger partial charge in [-0.25, -0.2) is 4.39 Å². The molecule has 108 valence electrons. The number of aryl methyl sites for hydroxylation is 1. The Balaban J connectivity index is 2.47. The van der Waals surface area contributed by atoms with E-state index in [0.29, 0.717) is 29.6 Å². The highest BCUT2D eigenvalue weighted by molar-refractivity contribution is 5.70. The summed E-state index contributed by atoms with van der Waals surface area (Å²) in [6.07, 6.45) is 1.90. The Morgan fingerprint density at radius 1 is 1.40 bits per heavy atom. The number of halogens is 1. The Kier molecular flexibility index (Phi) is 4.39. The third-order valence-electron chi connectivity index (χ3n) is 3.04. The molecule has 0 bridgehead atoms. The predicted octanol–water partition coefficient (Wildman–Crippen LogP) is 2.73. The van der Waals surface area contributed by atoms with Gasteiger partial charge in [-0.1, -0.05) is 19.9 Å². The normalized spacial score (nSPS) is 11.1. The molecule has 0 aliphatic carbocycles. The summed E-state index contributed by atoms with van der Waals surface area (Å²) in [5, 5.41) is 7.71. The second kappa shape index (κ2) is 6.05. The second-order valence-corrected chi connectivity index (χ2v) is 5.03. The molecule has 1 aromatic carbocycles. The summed E-state index contributed by atoms with van der Waals surface area (Å²) in [5.74, 6) is 0.170. The zero-order valence-electron chi connectivity index (χ0n) is 12.3. The van der Waals surface area contributed by atoms with Crippen molar-refractivity contribution in [1.82, 2.24) is 15.1 Å². The Bertz CT molecular complexity index is 593. The van der Waals surface area contributed by atoms with E-state index in [1.165, 1.54) is 13.2 Å². The molecule has 0 saturated carbocycles. The van der Waals surface area contributed by atoms with E-state index in [1.807, 2.05) is 13.2 Å². The van der Waals surface area contributed by atoms with Crippen molar-refractivity contribution in [2.24, 2.45) is 7.05 Å². The molecule has 2 rings (SSSR count). The molecule has 0 unspecified atom stereocenters. The van der Waals surface area contributed by atoms with Crippen molar-refractivity contribution < 1.29 is 9.13 Å². The Morgan fingerprint density at radius 3 is 2.80 bits per heavy atom. The highest BCUT2D eigenvalue weighted by Crippen LogP contribution is 2.33. The van der Waals surface area contributed by atoms with Gasteiger partial charge in [0.2, 0.25) is 0 Å². The van der Waals surface area contributed by atoms with Gasteiger partial charge in [-0.2, -0.15) is 5.10 Å². The molecule has 0 aliphatic rings. The number of aromatic nitrogens is 2. The smallest absolute Gasteiger partial charge is 0.136 e. The highest BCUT2D eigenvalue weighted by atomic mass is 19.1. The fourth-order valence-electron chi connectivity index (χ4n) is 2.10. The highest BCUT2D eigenvalue weighted by Gasteiger charge is 2.18. The molecule has 2 aromatic rings. The van der Waals surface area contributed by atoms with Gasteiger partial charge in [-0.3, -0.25) is 4.68 Å². The molecule has 0 atom stereocenters. The van der Waals surface area contributed by atoms with Gasteiger partial charge in [0.05, 0.1) is 12.7 Å². The van der Waals surface area contributed by atoms with Crippen LogP contribution in [0.4, 0.5) is 4.39 Å².